The van der Waals surface area contributed by atoms with Gasteiger partial charge in [-0.2, -0.15) is 0 Å². The minimum absolute atomic E-state index is 0.00559. The fourth-order valence-corrected chi connectivity index (χ4v) is 5.11. The summed E-state index contributed by atoms with van der Waals surface area (Å²) in [6.45, 7) is 9.08. The van der Waals surface area contributed by atoms with E-state index in [1.807, 2.05) is 61.2 Å². The number of hydrogen-bond acceptors (Lipinski definition) is 3. The third kappa shape index (κ3) is 4.81. The van der Waals surface area contributed by atoms with Gasteiger partial charge < -0.3 is 15.0 Å². The number of fused-ring (bicyclic) bond motifs is 1. The average molecular weight is 483 g/mol. The Labute approximate surface area is 207 Å². The second kappa shape index (κ2) is 9.61. The summed E-state index contributed by atoms with van der Waals surface area (Å²) in [5.74, 6) is 1.18. The highest BCUT2D eigenvalue weighted by atomic mass is 35.5. The van der Waals surface area contributed by atoms with Crippen molar-refractivity contribution in [3.05, 3.63) is 53.1 Å². The zero-order valence-corrected chi connectivity index (χ0v) is 21.4. The maximum atomic E-state index is 13.6. The van der Waals surface area contributed by atoms with Crippen molar-refractivity contribution in [2.24, 2.45) is 11.3 Å². The quantitative estimate of drug-likeness (QED) is 0.505. The fourth-order valence-electron chi connectivity index (χ4n) is 4.98. The molecule has 4 rings (SSSR count). The van der Waals surface area contributed by atoms with E-state index in [1.54, 1.807) is 0 Å². The molecular weight excluding hydrogens is 448 g/mol. The summed E-state index contributed by atoms with van der Waals surface area (Å²) in [5.41, 5.74) is 1.27. The number of rotatable bonds is 6. The molecule has 0 saturated heterocycles. The van der Waals surface area contributed by atoms with Crippen LogP contribution in [-0.4, -0.2) is 25.0 Å². The van der Waals surface area contributed by atoms with Gasteiger partial charge in [-0.05, 0) is 68.9 Å². The number of anilines is 2. The number of benzene rings is 2. The first-order valence-electron chi connectivity index (χ1n) is 12.3. The molecule has 0 spiro atoms. The number of nitrogens with one attached hydrogen (secondary N) is 1. The van der Waals surface area contributed by atoms with Crippen LogP contribution in [0.5, 0.6) is 5.75 Å². The van der Waals surface area contributed by atoms with Crippen molar-refractivity contribution in [1.82, 2.24) is 0 Å². The van der Waals surface area contributed by atoms with Gasteiger partial charge in [-0.1, -0.05) is 50.4 Å². The molecule has 2 amide bonds. The number of ether oxygens (including phenoxy) is 1. The lowest BCUT2D eigenvalue weighted by molar-refractivity contribution is -0.127. The standard InChI is InChI=1S/C28H35ClN2O3/c1-19(2)13-16-31-23-12-11-22(17-24(23)34-18-27(3,4)26(31)33)30-25(32)28(14-5-6-15-28)20-7-9-21(29)10-8-20/h7-12,17,19H,5-6,13-16,18H2,1-4H3,(H,30,32). The summed E-state index contributed by atoms with van der Waals surface area (Å²) < 4.78 is 6.11. The van der Waals surface area contributed by atoms with Gasteiger partial charge in [0.05, 0.1) is 16.5 Å². The first-order chi connectivity index (χ1) is 16.1. The summed E-state index contributed by atoms with van der Waals surface area (Å²) >= 11 is 6.09. The molecule has 5 nitrogen and oxygen atoms in total. The maximum absolute atomic E-state index is 13.6. The Kier molecular flexibility index (Phi) is 6.95. The Morgan fingerprint density at radius 2 is 1.79 bits per heavy atom. The Morgan fingerprint density at radius 1 is 1.12 bits per heavy atom. The van der Waals surface area contributed by atoms with Crippen LogP contribution in [0.25, 0.3) is 0 Å². The van der Waals surface area contributed by atoms with Crippen LogP contribution in [-0.2, 0) is 15.0 Å². The molecule has 1 fully saturated rings. The van der Waals surface area contributed by atoms with E-state index in [2.05, 4.69) is 19.2 Å². The van der Waals surface area contributed by atoms with Crippen LogP contribution in [0, 0.1) is 11.3 Å². The number of carbonyl (C=O) groups is 2. The first kappa shape index (κ1) is 24.6. The highest BCUT2D eigenvalue weighted by Gasteiger charge is 2.43. The summed E-state index contributed by atoms with van der Waals surface area (Å²) in [5, 5.41) is 3.82. The molecule has 0 atom stereocenters. The maximum Gasteiger partial charge on any atom is 0.236 e. The minimum Gasteiger partial charge on any atom is -0.490 e. The summed E-state index contributed by atoms with van der Waals surface area (Å²) in [6, 6.07) is 13.3. The smallest absolute Gasteiger partial charge is 0.236 e. The van der Waals surface area contributed by atoms with E-state index in [4.69, 9.17) is 16.3 Å². The summed E-state index contributed by atoms with van der Waals surface area (Å²) in [7, 11) is 0. The van der Waals surface area contributed by atoms with E-state index in [-0.39, 0.29) is 11.8 Å². The lowest BCUT2D eigenvalue weighted by Gasteiger charge is -2.29. The summed E-state index contributed by atoms with van der Waals surface area (Å²) in [6.07, 6.45) is 4.57. The molecule has 34 heavy (non-hydrogen) atoms. The second-order valence-electron chi connectivity index (χ2n) is 10.7. The van der Waals surface area contributed by atoms with Crippen molar-refractivity contribution in [2.45, 2.75) is 65.2 Å². The van der Waals surface area contributed by atoms with Gasteiger partial charge in [-0.3, -0.25) is 9.59 Å². The molecule has 0 unspecified atom stereocenters. The molecular formula is C28H35ClN2O3. The number of carbonyl (C=O) groups excluding carboxylic acids is 2. The topological polar surface area (TPSA) is 58.6 Å². The Bertz CT molecular complexity index is 1060. The van der Waals surface area contributed by atoms with Gasteiger partial charge in [-0.15, -0.1) is 0 Å². The zero-order valence-electron chi connectivity index (χ0n) is 20.6. The van der Waals surface area contributed by atoms with Crippen LogP contribution in [0.2, 0.25) is 5.02 Å². The molecule has 1 N–H and O–H groups in total. The van der Waals surface area contributed by atoms with E-state index >= 15 is 0 Å². The van der Waals surface area contributed by atoms with E-state index < -0.39 is 10.8 Å². The van der Waals surface area contributed by atoms with Crippen molar-refractivity contribution in [3.8, 4) is 5.75 Å². The zero-order chi connectivity index (χ0) is 24.5. The van der Waals surface area contributed by atoms with Crippen LogP contribution < -0.4 is 15.0 Å². The molecule has 0 bridgehead atoms. The Morgan fingerprint density at radius 3 is 2.44 bits per heavy atom. The Hall–Kier alpha value is -2.53. The lowest BCUT2D eigenvalue weighted by atomic mass is 9.78. The third-order valence-electron chi connectivity index (χ3n) is 7.14. The first-order valence-corrected chi connectivity index (χ1v) is 12.7. The van der Waals surface area contributed by atoms with Crippen LogP contribution in [0.1, 0.15) is 65.4 Å². The molecule has 1 saturated carbocycles. The number of hydrogen-bond donors (Lipinski definition) is 1. The van der Waals surface area contributed by atoms with Crippen LogP contribution in [0.4, 0.5) is 11.4 Å². The van der Waals surface area contributed by atoms with Gasteiger partial charge in [0.1, 0.15) is 12.4 Å². The van der Waals surface area contributed by atoms with Gasteiger partial charge in [0, 0.05) is 23.3 Å². The van der Waals surface area contributed by atoms with Crippen molar-refractivity contribution in [3.63, 3.8) is 0 Å². The van der Waals surface area contributed by atoms with Gasteiger partial charge in [0.25, 0.3) is 0 Å². The lowest BCUT2D eigenvalue weighted by Crippen LogP contribution is -2.42. The van der Waals surface area contributed by atoms with E-state index in [0.717, 1.165) is 43.4 Å². The molecule has 2 aromatic carbocycles. The van der Waals surface area contributed by atoms with Crippen LogP contribution >= 0.6 is 11.6 Å². The SMILES string of the molecule is CC(C)CCN1C(=O)C(C)(C)COc2cc(NC(=O)C3(c4ccc(Cl)cc4)CCCC3)ccc21. The fraction of sp³-hybridized carbons (Fsp3) is 0.500. The van der Waals surface area contributed by atoms with Crippen LogP contribution in [0.15, 0.2) is 42.5 Å². The minimum atomic E-state index is -0.623. The van der Waals surface area contributed by atoms with Gasteiger partial charge in [0.2, 0.25) is 11.8 Å². The number of halogens is 1. The van der Waals surface area contributed by atoms with Crippen molar-refractivity contribution < 1.29 is 14.3 Å². The second-order valence-corrected chi connectivity index (χ2v) is 11.2. The third-order valence-corrected chi connectivity index (χ3v) is 7.39. The molecule has 1 aliphatic carbocycles. The molecule has 6 heteroatoms. The largest absolute Gasteiger partial charge is 0.490 e. The molecule has 0 radical (unpaired) electrons. The van der Waals surface area contributed by atoms with Crippen LogP contribution in [0.3, 0.4) is 0 Å². The molecule has 182 valence electrons. The predicted molar refractivity (Wildman–Crippen MR) is 138 cm³/mol. The van der Waals surface area contributed by atoms with Gasteiger partial charge in [0.15, 0.2) is 0 Å². The number of amides is 2. The molecule has 2 aromatic rings. The monoisotopic (exact) mass is 482 g/mol. The van der Waals surface area contributed by atoms with E-state index in [1.165, 1.54) is 0 Å². The van der Waals surface area contributed by atoms with Gasteiger partial charge in [-0.25, -0.2) is 0 Å². The van der Waals surface area contributed by atoms with Crippen molar-refractivity contribution in [2.75, 3.05) is 23.4 Å². The molecule has 2 aliphatic rings. The van der Waals surface area contributed by atoms with Gasteiger partial charge >= 0.3 is 0 Å². The highest BCUT2D eigenvalue weighted by molar-refractivity contribution is 6.30. The van der Waals surface area contributed by atoms with Crippen molar-refractivity contribution in [1.29, 1.82) is 0 Å². The molecule has 1 aliphatic heterocycles. The van der Waals surface area contributed by atoms with Crippen molar-refractivity contribution >= 4 is 34.8 Å². The molecule has 0 aromatic heterocycles. The highest BCUT2D eigenvalue weighted by Crippen LogP contribution is 2.43. The molecule has 1 heterocycles. The average Bonchev–Trinajstić information content (AvgIpc) is 3.27. The predicted octanol–water partition coefficient (Wildman–Crippen LogP) is 6.59. The van der Waals surface area contributed by atoms with E-state index in [0.29, 0.717) is 35.5 Å². The number of nitrogens with zero attached hydrogens (tertiary/aromatic N) is 1. The Balaban J connectivity index is 1.62. The van der Waals surface area contributed by atoms with E-state index in [9.17, 15) is 9.59 Å². The normalized spacial score (nSPS) is 18.9. The summed E-state index contributed by atoms with van der Waals surface area (Å²) in [4.78, 5) is 28.7.